The quantitative estimate of drug-likeness (QED) is 0.892. The summed E-state index contributed by atoms with van der Waals surface area (Å²) >= 11 is 6.03. The Morgan fingerprint density at radius 2 is 1.62 bits per heavy atom. The monoisotopic (exact) mass is 303 g/mol. The minimum atomic E-state index is -1.12. The fourth-order valence-corrected chi connectivity index (χ4v) is 2.20. The van der Waals surface area contributed by atoms with Crippen LogP contribution in [0.15, 0.2) is 48.5 Å². The molecule has 108 valence electrons. The number of hydrogen-bond acceptors (Lipinski definition) is 2. The molecule has 0 aliphatic rings. The van der Waals surface area contributed by atoms with E-state index >= 15 is 0 Å². The molecule has 0 spiro atoms. The van der Waals surface area contributed by atoms with E-state index in [9.17, 15) is 9.59 Å². The molecule has 2 aromatic carbocycles. The van der Waals surface area contributed by atoms with Crippen molar-refractivity contribution in [3.05, 3.63) is 70.2 Å². The maximum atomic E-state index is 12.0. The highest BCUT2D eigenvalue weighted by atomic mass is 35.5. The van der Waals surface area contributed by atoms with Crippen LogP contribution in [0, 0.1) is 0 Å². The molecule has 0 aliphatic heterocycles. The third-order valence-corrected chi connectivity index (χ3v) is 3.41. The fraction of sp³-hybridized carbons (Fsp3) is 0.125. The van der Waals surface area contributed by atoms with E-state index in [-0.39, 0.29) is 11.1 Å². The second-order valence-electron chi connectivity index (χ2n) is 4.45. The number of rotatable bonds is 5. The summed E-state index contributed by atoms with van der Waals surface area (Å²) in [5.74, 6) is -1.52. The van der Waals surface area contributed by atoms with E-state index in [0.29, 0.717) is 18.0 Å². The number of carboxylic acids is 1. The molecule has 0 atom stereocenters. The Balaban J connectivity index is 2.00. The molecule has 0 saturated heterocycles. The summed E-state index contributed by atoms with van der Waals surface area (Å²) in [6.07, 6.45) is 0.584. The largest absolute Gasteiger partial charge is 0.478 e. The average molecular weight is 304 g/mol. The van der Waals surface area contributed by atoms with Crippen molar-refractivity contribution >= 4 is 23.5 Å². The van der Waals surface area contributed by atoms with Gasteiger partial charge in [0.1, 0.15) is 0 Å². The summed E-state index contributed by atoms with van der Waals surface area (Å²) < 4.78 is 0. The van der Waals surface area contributed by atoms with Crippen molar-refractivity contribution in [2.45, 2.75) is 6.42 Å². The van der Waals surface area contributed by atoms with Crippen LogP contribution in [0.2, 0.25) is 5.02 Å². The van der Waals surface area contributed by atoms with Crippen molar-refractivity contribution in [2.24, 2.45) is 0 Å². The SMILES string of the molecule is O=C(O)c1ccccc1C(=O)NCCc1ccccc1Cl. The lowest BCUT2D eigenvalue weighted by atomic mass is 10.1. The van der Waals surface area contributed by atoms with E-state index in [2.05, 4.69) is 5.32 Å². The third kappa shape index (κ3) is 3.83. The minimum absolute atomic E-state index is 0.00672. The van der Waals surface area contributed by atoms with Gasteiger partial charge in [-0.3, -0.25) is 4.79 Å². The van der Waals surface area contributed by atoms with Gasteiger partial charge in [0.15, 0.2) is 0 Å². The average Bonchev–Trinajstić information content (AvgIpc) is 2.49. The smallest absolute Gasteiger partial charge is 0.336 e. The summed E-state index contributed by atoms with van der Waals surface area (Å²) in [7, 11) is 0. The molecule has 0 aromatic heterocycles. The number of carbonyl (C=O) groups excluding carboxylic acids is 1. The number of carbonyl (C=O) groups is 2. The van der Waals surface area contributed by atoms with Crippen LogP contribution in [0.4, 0.5) is 0 Å². The first-order chi connectivity index (χ1) is 10.1. The number of nitrogens with one attached hydrogen (secondary N) is 1. The molecule has 2 aromatic rings. The van der Waals surface area contributed by atoms with Crippen molar-refractivity contribution in [1.82, 2.24) is 5.32 Å². The Labute approximate surface area is 127 Å². The van der Waals surface area contributed by atoms with E-state index in [1.165, 1.54) is 12.1 Å². The second kappa shape index (κ2) is 6.90. The topological polar surface area (TPSA) is 66.4 Å². The van der Waals surface area contributed by atoms with Gasteiger partial charge in [-0.15, -0.1) is 0 Å². The predicted octanol–water partition coefficient (Wildman–Crippen LogP) is 3.01. The molecule has 21 heavy (non-hydrogen) atoms. The summed E-state index contributed by atoms with van der Waals surface area (Å²) in [6.45, 7) is 0.385. The molecule has 2 N–H and O–H groups in total. The Morgan fingerprint density at radius 1 is 1.00 bits per heavy atom. The lowest BCUT2D eigenvalue weighted by Crippen LogP contribution is -2.27. The first-order valence-electron chi connectivity index (χ1n) is 6.43. The Kier molecular flexibility index (Phi) is 4.95. The summed E-state index contributed by atoms with van der Waals surface area (Å²) in [6, 6.07) is 13.5. The number of amides is 1. The Morgan fingerprint density at radius 3 is 2.29 bits per heavy atom. The molecule has 5 heteroatoms. The Bertz CT molecular complexity index is 670. The molecule has 0 saturated carbocycles. The van der Waals surface area contributed by atoms with E-state index in [1.807, 2.05) is 18.2 Å². The fourth-order valence-electron chi connectivity index (χ4n) is 1.97. The van der Waals surface area contributed by atoms with Gasteiger partial charge in [-0.1, -0.05) is 41.9 Å². The van der Waals surface area contributed by atoms with Crippen LogP contribution in [0.3, 0.4) is 0 Å². The maximum absolute atomic E-state index is 12.0. The highest BCUT2D eigenvalue weighted by Gasteiger charge is 2.15. The lowest BCUT2D eigenvalue weighted by molar-refractivity contribution is 0.0691. The first kappa shape index (κ1) is 15.1. The van der Waals surface area contributed by atoms with Crippen LogP contribution in [-0.2, 0) is 6.42 Å². The van der Waals surface area contributed by atoms with Crippen LogP contribution >= 0.6 is 11.6 Å². The lowest BCUT2D eigenvalue weighted by Gasteiger charge is -2.08. The highest BCUT2D eigenvalue weighted by molar-refractivity contribution is 6.31. The van der Waals surface area contributed by atoms with Crippen LogP contribution in [0.1, 0.15) is 26.3 Å². The number of hydrogen-bond donors (Lipinski definition) is 2. The van der Waals surface area contributed by atoms with E-state index in [1.54, 1.807) is 18.2 Å². The van der Waals surface area contributed by atoms with Crippen molar-refractivity contribution < 1.29 is 14.7 Å². The number of carboxylic acid groups (broad SMARTS) is 1. The first-order valence-corrected chi connectivity index (χ1v) is 6.81. The van der Waals surface area contributed by atoms with Gasteiger partial charge in [-0.05, 0) is 30.2 Å². The summed E-state index contributed by atoms with van der Waals surface area (Å²) in [4.78, 5) is 23.1. The van der Waals surface area contributed by atoms with Crippen LogP contribution in [0.25, 0.3) is 0 Å². The van der Waals surface area contributed by atoms with Crippen LogP contribution in [-0.4, -0.2) is 23.5 Å². The number of aromatic carboxylic acids is 1. The number of benzene rings is 2. The van der Waals surface area contributed by atoms with Crippen LogP contribution in [0.5, 0.6) is 0 Å². The van der Waals surface area contributed by atoms with Crippen molar-refractivity contribution in [2.75, 3.05) is 6.54 Å². The van der Waals surface area contributed by atoms with Gasteiger partial charge in [0, 0.05) is 11.6 Å². The number of halogens is 1. The zero-order valence-electron chi connectivity index (χ0n) is 11.2. The molecule has 0 fully saturated rings. The summed E-state index contributed by atoms with van der Waals surface area (Å²) in [5, 5.41) is 12.4. The van der Waals surface area contributed by atoms with Gasteiger partial charge >= 0.3 is 5.97 Å². The summed E-state index contributed by atoms with van der Waals surface area (Å²) in [5.41, 5.74) is 1.09. The molecule has 2 rings (SSSR count). The minimum Gasteiger partial charge on any atom is -0.478 e. The van der Waals surface area contributed by atoms with Gasteiger partial charge in [-0.2, -0.15) is 0 Å². The van der Waals surface area contributed by atoms with Gasteiger partial charge in [0.2, 0.25) is 0 Å². The van der Waals surface area contributed by atoms with Gasteiger partial charge < -0.3 is 10.4 Å². The standard InChI is InChI=1S/C16H14ClNO3/c17-14-8-4-1-5-11(14)9-10-18-15(19)12-6-2-3-7-13(12)16(20)21/h1-8H,9-10H2,(H,18,19)(H,20,21). The van der Waals surface area contributed by atoms with Crippen molar-refractivity contribution in [3.8, 4) is 0 Å². The molecule has 0 radical (unpaired) electrons. The molecular weight excluding hydrogens is 290 g/mol. The molecule has 1 amide bonds. The van der Waals surface area contributed by atoms with Crippen molar-refractivity contribution in [3.63, 3.8) is 0 Å². The van der Waals surface area contributed by atoms with Crippen molar-refractivity contribution in [1.29, 1.82) is 0 Å². The highest BCUT2D eigenvalue weighted by Crippen LogP contribution is 2.15. The van der Waals surface area contributed by atoms with Gasteiger partial charge in [-0.25, -0.2) is 4.79 Å². The third-order valence-electron chi connectivity index (χ3n) is 3.04. The van der Waals surface area contributed by atoms with Gasteiger partial charge in [0.05, 0.1) is 11.1 Å². The molecule has 4 nitrogen and oxygen atoms in total. The van der Waals surface area contributed by atoms with Gasteiger partial charge in [0.25, 0.3) is 5.91 Å². The molecule has 0 heterocycles. The van der Waals surface area contributed by atoms with E-state index < -0.39 is 11.9 Å². The molecular formula is C16H14ClNO3. The van der Waals surface area contributed by atoms with E-state index in [4.69, 9.17) is 16.7 Å². The zero-order valence-corrected chi connectivity index (χ0v) is 11.9. The van der Waals surface area contributed by atoms with E-state index in [0.717, 1.165) is 5.56 Å². The zero-order chi connectivity index (χ0) is 15.2. The second-order valence-corrected chi connectivity index (χ2v) is 4.86. The maximum Gasteiger partial charge on any atom is 0.336 e. The predicted molar refractivity (Wildman–Crippen MR) is 80.9 cm³/mol. The molecule has 0 aliphatic carbocycles. The molecule has 0 bridgehead atoms. The van der Waals surface area contributed by atoms with Crippen LogP contribution < -0.4 is 5.32 Å². The Hall–Kier alpha value is -2.33. The molecule has 0 unspecified atom stereocenters. The normalized spacial score (nSPS) is 10.1.